The van der Waals surface area contributed by atoms with Crippen LogP contribution in [0.5, 0.6) is 0 Å². The van der Waals surface area contributed by atoms with Gasteiger partial charge in [-0.25, -0.2) is 4.79 Å². The van der Waals surface area contributed by atoms with Crippen LogP contribution in [0, 0.1) is 0 Å². The van der Waals surface area contributed by atoms with Crippen LogP contribution in [0.1, 0.15) is 17.4 Å². The molecule has 0 aliphatic carbocycles. The minimum absolute atomic E-state index is 0.172. The number of carbonyl (C=O) groups excluding carboxylic acids is 2. The topological polar surface area (TPSA) is 88.5 Å². The van der Waals surface area contributed by atoms with Crippen molar-refractivity contribution in [1.29, 1.82) is 0 Å². The van der Waals surface area contributed by atoms with Gasteiger partial charge in [-0.05, 0) is 31.2 Å². The first kappa shape index (κ1) is 18.2. The lowest BCUT2D eigenvalue weighted by molar-refractivity contribution is 0.0295. The molecule has 2 heterocycles. The van der Waals surface area contributed by atoms with Crippen LogP contribution < -0.4 is 10.6 Å². The summed E-state index contributed by atoms with van der Waals surface area (Å²) in [5.74, 6) is -0.172. The number of aromatic nitrogens is 2. The van der Waals surface area contributed by atoms with Crippen LogP contribution in [0.25, 0.3) is 0 Å². The number of carbonyl (C=O) groups is 2. The van der Waals surface area contributed by atoms with Gasteiger partial charge in [0.05, 0.1) is 25.1 Å². The number of rotatable bonds is 4. The van der Waals surface area contributed by atoms with Crippen molar-refractivity contribution in [3.05, 3.63) is 41.2 Å². The first-order chi connectivity index (χ1) is 12.6. The van der Waals surface area contributed by atoms with Crippen molar-refractivity contribution < 1.29 is 14.3 Å². The Balaban J connectivity index is 1.75. The third-order valence-corrected chi connectivity index (χ3v) is 4.24. The number of halogens is 1. The Morgan fingerprint density at radius 2 is 1.88 bits per heavy atom. The van der Waals surface area contributed by atoms with Crippen LogP contribution in [-0.4, -0.2) is 52.9 Å². The number of urea groups is 1. The Morgan fingerprint density at radius 1 is 1.19 bits per heavy atom. The van der Waals surface area contributed by atoms with E-state index in [0.29, 0.717) is 54.9 Å². The SMILES string of the molecule is CCn1ncc(NC(=O)Nc2ccc(Cl)cc2)c1C(=O)N1CCOCC1. The number of hydrogen-bond acceptors (Lipinski definition) is 4. The second-order valence-corrected chi connectivity index (χ2v) is 6.15. The summed E-state index contributed by atoms with van der Waals surface area (Å²) in [7, 11) is 0. The largest absolute Gasteiger partial charge is 0.378 e. The molecule has 3 rings (SSSR count). The Bertz CT molecular complexity index is 784. The zero-order valence-corrected chi connectivity index (χ0v) is 15.1. The van der Waals surface area contributed by atoms with E-state index in [1.165, 1.54) is 6.20 Å². The Hall–Kier alpha value is -2.58. The van der Waals surface area contributed by atoms with E-state index >= 15 is 0 Å². The van der Waals surface area contributed by atoms with Gasteiger partial charge in [0, 0.05) is 30.3 Å². The van der Waals surface area contributed by atoms with Crippen molar-refractivity contribution in [3.63, 3.8) is 0 Å². The van der Waals surface area contributed by atoms with Crippen molar-refractivity contribution in [2.75, 3.05) is 36.9 Å². The summed E-state index contributed by atoms with van der Waals surface area (Å²) in [5.41, 5.74) is 1.33. The molecular formula is C17H20ClN5O3. The van der Waals surface area contributed by atoms with E-state index in [-0.39, 0.29) is 5.91 Å². The zero-order chi connectivity index (χ0) is 18.5. The highest BCUT2D eigenvalue weighted by molar-refractivity contribution is 6.30. The van der Waals surface area contributed by atoms with Crippen LogP contribution in [-0.2, 0) is 11.3 Å². The summed E-state index contributed by atoms with van der Waals surface area (Å²) in [5, 5.41) is 10.2. The van der Waals surface area contributed by atoms with Gasteiger partial charge in [0.25, 0.3) is 5.91 Å². The quantitative estimate of drug-likeness (QED) is 0.857. The smallest absolute Gasteiger partial charge is 0.323 e. The molecule has 1 aromatic heterocycles. The molecule has 9 heteroatoms. The van der Waals surface area contributed by atoms with Crippen LogP contribution in [0.2, 0.25) is 5.02 Å². The predicted molar refractivity (Wildman–Crippen MR) is 98.7 cm³/mol. The van der Waals surface area contributed by atoms with Gasteiger partial charge in [0.2, 0.25) is 0 Å². The summed E-state index contributed by atoms with van der Waals surface area (Å²) in [4.78, 5) is 26.8. The van der Waals surface area contributed by atoms with Crippen molar-refractivity contribution in [2.45, 2.75) is 13.5 Å². The van der Waals surface area contributed by atoms with Gasteiger partial charge in [-0.3, -0.25) is 9.48 Å². The Kier molecular flexibility index (Phi) is 5.75. The molecule has 0 spiro atoms. The van der Waals surface area contributed by atoms with Crippen LogP contribution in [0.3, 0.4) is 0 Å². The van der Waals surface area contributed by atoms with E-state index in [1.807, 2.05) is 6.92 Å². The maximum atomic E-state index is 12.9. The van der Waals surface area contributed by atoms with Gasteiger partial charge < -0.3 is 20.3 Å². The monoisotopic (exact) mass is 377 g/mol. The molecule has 2 aromatic rings. The summed E-state index contributed by atoms with van der Waals surface area (Å²) >= 11 is 5.84. The van der Waals surface area contributed by atoms with Gasteiger partial charge in [-0.1, -0.05) is 11.6 Å². The third-order valence-electron chi connectivity index (χ3n) is 3.99. The molecule has 1 aromatic carbocycles. The van der Waals surface area contributed by atoms with E-state index in [1.54, 1.807) is 33.8 Å². The van der Waals surface area contributed by atoms with Crippen LogP contribution in [0.4, 0.5) is 16.2 Å². The molecule has 1 aliphatic heterocycles. The average Bonchev–Trinajstić information content (AvgIpc) is 3.06. The van der Waals surface area contributed by atoms with Crippen molar-refractivity contribution >= 4 is 34.9 Å². The summed E-state index contributed by atoms with van der Waals surface area (Å²) in [6.07, 6.45) is 1.48. The van der Waals surface area contributed by atoms with E-state index in [9.17, 15) is 9.59 Å². The van der Waals surface area contributed by atoms with E-state index in [2.05, 4.69) is 15.7 Å². The number of morpholine rings is 1. The van der Waals surface area contributed by atoms with E-state index in [4.69, 9.17) is 16.3 Å². The molecule has 0 atom stereocenters. The number of ether oxygens (including phenoxy) is 1. The third kappa shape index (κ3) is 4.14. The van der Waals surface area contributed by atoms with Gasteiger partial charge in [-0.2, -0.15) is 5.10 Å². The van der Waals surface area contributed by atoms with Crippen LogP contribution in [0.15, 0.2) is 30.5 Å². The summed E-state index contributed by atoms with van der Waals surface area (Å²) < 4.78 is 6.87. The molecule has 8 nitrogen and oxygen atoms in total. The molecule has 0 unspecified atom stereocenters. The lowest BCUT2D eigenvalue weighted by atomic mass is 10.3. The highest BCUT2D eigenvalue weighted by atomic mass is 35.5. The number of nitrogens with one attached hydrogen (secondary N) is 2. The number of hydrogen-bond donors (Lipinski definition) is 2. The number of benzene rings is 1. The van der Waals surface area contributed by atoms with Crippen molar-refractivity contribution in [3.8, 4) is 0 Å². The number of anilines is 2. The number of nitrogens with zero attached hydrogens (tertiary/aromatic N) is 3. The minimum Gasteiger partial charge on any atom is -0.378 e. The molecule has 1 aliphatic rings. The van der Waals surface area contributed by atoms with Crippen molar-refractivity contribution in [2.24, 2.45) is 0 Å². The van der Waals surface area contributed by atoms with E-state index in [0.717, 1.165) is 0 Å². The molecule has 0 bridgehead atoms. The fraction of sp³-hybridized carbons (Fsp3) is 0.353. The molecular weight excluding hydrogens is 358 g/mol. The first-order valence-electron chi connectivity index (χ1n) is 8.35. The number of amides is 3. The first-order valence-corrected chi connectivity index (χ1v) is 8.72. The van der Waals surface area contributed by atoms with Gasteiger partial charge in [0.1, 0.15) is 5.69 Å². The normalized spacial score (nSPS) is 14.2. The molecule has 3 amide bonds. The Labute approximate surface area is 156 Å². The summed E-state index contributed by atoms with van der Waals surface area (Å²) in [6.45, 7) is 4.46. The zero-order valence-electron chi connectivity index (χ0n) is 14.4. The maximum Gasteiger partial charge on any atom is 0.323 e. The van der Waals surface area contributed by atoms with Crippen molar-refractivity contribution in [1.82, 2.24) is 14.7 Å². The molecule has 138 valence electrons. The fourth-order valence-electron chi connectivity index (χ4n) is 2.68. The van der Waals surface area contributed by atoms with Gasteiger partial charge in [0.15, 0.2) is 0 Å². The molecule has 0 radical (unpaired) electrons. The highest BCUT2D eigenvalue weighted by Gasteiger charge is 2.26. The molecule has 1 saturated heterocycles. The average molecular weight is 378 g/mol. The number of aryl methyl sites for hydroxylation is 1. The van der Waals surface area contributed by atoms with E-state index < -0.39 is 6.03 Å². The van der Waals surface area contributed by atoms with Gasteiger partial charge >= 0.3 is 6.03 Å². The van der Waals surface area contributed by atoms with Gasteiger partial charge in [-0.15, -0.1) is 0 Å². The molecule has 2 N–H and O–H groups in total. The standard InChI is InChI=1S/C17H20ClN5O3/c1-2-23-15(16(24)22-7-9-26-10-8-22)14(11-19-23)21-17(25)20-13-5-3-12(18)4-6-13/h3-6,11H,2,7-10H2,1H3,(H2,20,21,25). The van der Waals surface area contributed by atoms with Crippen LogP contribution >= 0.6 is 11.6 Å². The summed E-state index contributed by atoms with van der Waals surface area (Å²) in [6, 6.07) is 6.28. The Morgan fingerprint density at radius 3 is 2.54 bits per heavy atom. The predicted octanol–water partition coefficient (Wildman–Crippen LogP) is 2.67. The second-order valence-electron chi connectivity index (χ2n) is 5.71. The minimum atomic E-state index is -0.459. The fourth-order valence-corrected chi connectivity index (χ4v) is 2.80. The second kappa shape index (κ2) is 8.20. The lowest BCUT2D eigenvalue weighted by Gasteiger charge is -2.27. The lowest BCUT2D eigenvalue weighted by Crippen LogP contribution is -2.41. The highest BCUT2D eigenvalue weighted by Crippen LogP contribution is 2.19. The molecule has 0 saturated carbocycles. The maximum absolute atomic E-state index is 12.9. The molecule has 1 fully saturated rings. The molecule has 26 heavy (non-hydrogen) atoms.